The van der Waals surface area contributed by atoms with E-state index < -0.39 is 30.5 Å². The molecule has 0 spiro atoms. The maximum Gasteiger partial charge on any atom is 0.298 e. The Bertz CT molecular complexity index is 531. The number of rotatable bonds is 6. The lowest BCUT2D eigenvalue weighted by atomic mass is 10.1. The molecule has 0 amide bonds. The molecule has 0 aliphatic heterocycles. The molecule has 0 aromatic carbocycles. The number of aromatic nitrogens is 2. The number of hydrogen-bond acceptors (Lipinski definition) is 9. The van der Waals surface area contributed by atoms with Gasteiger partial charge in [0.25, 0.3) is 11.6 Å². The van der Waals surface area contributed by atoms with Crippen LogP contribution in [0.25, 0.3) is 0 Å². The van der Waals surface area contributed by atoms with Crippen molar-refractivity contribution in [1.29, 1.82) is 0 Å². The van der Waals surface area contributed by atoms with Crippen molar-refractivity contribution in [3.05, 3.63) is 10.4 Å². The number of anilines is 1. The van der Waals surface area contributed by atoms with E-state index >= 15 is 0 Å². The largest absolute Gasteiger partial charge is 0.468 e. The van der Waals surface area contributed by atoms with Crippen LogP contribution < -0.4 is 16.0 Å². The third kappa shape index (κ3) is 3.74. The Morgan fingerprint density at radius 3 is 2.65 bits per heavy atom. The molecule has 20 heavy (non-hydrogen) atoms. The molecule has 1 rings (SSSR count). The van der Waals surface area contributed by atoms with E-state index in [4.69, 9.17) is 20.7 Å². The number of methoxy groups -OCH3 is 1. The van der Waals surface area contributed by atoms with Crippen LogP contribution in [0.15, 0.2) is 9.79 Å². The molecule has 0 aliphatic carbocycles. The number of nitrogens with two attached hydrogens (primary N) is 1. The Kier molecular flexibility index (Phi) is 5.58. The first-order valence-corrected chi connectivity index (χ1v) is 5.53. The summed E-state index contributed by atoms with van der Waals surface area (Å²) in [6.07, 6.45) is -3.99. The van der Waals surface area contributed by atoms with Gasteiger partial charge in [0, 0.05) is 6.21 Å². The van der Waals surface area contributed by atoms with E-state index in [0.29, 0.717) is 0 Å². The van der Waals surface area contributed by atoms with Crippen molar-refractivity contribution in [3.8, 4) is 6.01 Å². The quantitative estimate of drug-likeness (QED) is 0.303. The van der Waals surface area contributed by atoms with E-state index in [-0.39, 0.29) is 17.5 Å². The maximum atomic E-state index is 11.6. The molecule has 0 saturated carbocycles. The summed E-state index contributed by atoms with van der Waals surface area (Å²) in [5.74, 6) is -0.230. The van der Waals surface area contributed by atoms with Crippen molar-refractivity contribution in [2.75, 3.05) is 19.5 Å². The molecule has 0 bridgehead atoms. The molecule has 10 nitrogen and oxygen atoms in total. The predicted octanol–water partition coefficient (Wildman–Crippen LogP) is -2.86. The first kappa shape index (κ1) is 16.0. The Balaban J connectivity index is 2.93. The fraction of sp³-hybridized carbons (Fsp3) is 0.500. The van der Waals surface area contributed by atoms with E-state index in [0.717, 1.165) is 6.21 Å². The van der Waals surface area contributed by atoms with Gasteiger partial charge in [-0.2, -0.15) is 4.98 Å². The second-order valence-corrected chi connectivity index (χ2v) is 3.82. The van der Waals surface area contributed by atoms with Gasteiger partial charge in [0.1, 0.15) is 18.3 Å². The Morgan fingerprint density at radius 2 is 2.15 bits per heavy atom. The van der Waals surface area contributed by atoms with Crippen LogP contribution >= 0.6 is 0 Å². The molecule has 0 saturated heterocycles. The van der Waals surface area contributed by atoms with Crippen molar-refractivity contribution >= 4 is 17.7 Å². The van der Waals surface area contributed by atoms with Crippen LogP contribution in [0.5, 0.6) is 6.01 Å². The molecule has 7 N–H and O–H groups in total. The van der Waals surface area contributed by atoms with E-state index in [9.17, 15) is 15.0 Å². The van der Waals surface area contributed by atoms with Gasteiger partial charge in [-0.25, -0.2) is 4.99 Å². The number of H-pyrrole nitrogens is 1. The highest BCUT2D eigenvalue weighted by atomic mass is 16.5. The van der Waals surface area contributed by atoms with Crippen LogP contribution in [0.1, 0.15) is 0 Å². The highest BCUT2D eigenvalue weighted by molar-refractivity contribution is 5.71. The summed E-state index contributed by atoms with van der Waals surface area (Å²) in [4.78, 5) is 21.1. The van der Waals surface area contributed by atoms with Crippen LogP contribution in [0.3, 0.4) is 0 Å². The van der Waals surface area contributed by atoms with E-state index in [1.165, 1.54) is 7.11 Å². The number of nitrogens with one attached hydrogen (secondary N) is 1. The molecule has 0 aliphatic rings. The number of ether oxygens (including phenoxy) is 1. The summed E-state index contributed by atoms with van der Waals surface area (Å²) < 4.78 is 4.69. The summed E-state index contributed by atoms with van der Waals surface area (Å²) in [6.45, 7) is -0.737. The zero-order valence-corrected chi connectivity index (χ0v) is 10.6. The number of nitrogen functional groups attached to an aromatic ring is 1. The maximum absolute atomic E-state index is 11.6. The number of nitrogens with zero attached hydrogens (tertiary/aromatic N) is 2. The zero-order chi connectivity index (χ0) is 15.3. The van der Waals surface area contributed by atoms with E-state index in [1.807, 2.05) is 0 Å². The lowest BCUT2D eigenvalue weighted by Crippen LogP contribution is -2.40. The van der Waals surface area contributed by atoms with E-state index in [2.05, 4.69) is 15.0 Å². The topological polar surface area (TPSA) is 174 Å². The van der Waals surface area contributed by atoms with Gasteiger partial charge in [-0.1, -0.05) is 0 Å². The summed E-state index contributed by atoms with van der Waals surface area (Å²) in [7, 11) is 1.29. The van der Waals surface area contributed by atoms with Crippen molar-refractivity contribution in [2.45, 2.75) is 18.3 Å². The van der Waals surface area contributed by atoms with Gasteiger partial charge in [0.05, 0.1) is 13.7 Å². The molecule has 0 fully saturated rings. The minimum Gasteiger partial charge on any atom is -0.468 e. The van der Waals surface area contributed by atoms with Gasteiger partial charge >= 0.3 is 0 Å². The minimum atomic E-state index is -1.66. The fourth-order valence-electron chi connectivity index (χ4n) is 1.26. The summed E-state index contributed by atoms with van der Waals surface area (Å²) in [5.41, 5.74) is 4.51. The zero-order valence-electron chi connectivity index (χ0n) is 10.6. The second-order valence-electron chi connectivity index (χ2n) is 3.82. The predicted molar refractivity (Wildman–Crippen MR) is 69.1 cm³/mol. The Labute approximate surface area is 113 Å². The number of hydrogen-bond donors (Lipinski definition) is 6. The number of aliphatic hydroxyl groups is 4. The molecule has 3 atom stereocenters. The van der Waals surface area contributed by atoms with Crippen molar-refractivity contribution in [2.24, 2.45) is 4.99 Å². The average Bonchev–Trinajstić information content (AvgIpc) is 2.43. The third-order valence-electron chi connectivity index (χ3n) is 2.38. The number of aromatic amines is 1. The van der Waals surface area contributed by atoms with E-state index in [1.54, 1.807) is 0 Å². The van der Waals surface area contributed by atoms with Crippen molar-refractivity contribution in [1.82, 2.24) is 9.97 Å². The summed E-state index contributed by atoms with van der Waals surface area (Å²) in [5, 5.41) is 36.6. The smallest absolute Gasteiger partial charge is 0.298 e. The molecule has 1 aromatic heterocycles. The lowest BCUT2D eigenvalue weighted by molar-refractivity contribution is -0.0541. The van der Waals surface area contributed by atoms with Crippen LogP contribution in [-0.2, 0) is 0 Å². The highest BCUT2D eigenvalue weighted by Gasteiger charge is 2.22. The lowest BCUT2D eigenvalue weighted by Gasteiger charge is -2.18. The second kappa shape index (κ2) is 6.96. The number of aliphatic hydroxyl groups excluding tert-OH is 4. The summed E-state index contributed by atoms with van der Waals surface area (Å²) >= 11 is 0. The van der Waals surface area contributed by atoms with Crippen molar-refractivity contribution in [3.63, 3.8) is 0 Å². The van der Waals surface area contributed by atoms with Crippen LogP contribution in [0.2, 0.25) is 0 Å². The monoisotopic (exact) mass is 288 g/mol. The van der Waals surface area contributed by atoms with Gasteiger partial charge in [-0.3, -0.25) is 9.78 Å². The Morgan fingerprint density at radius 1 is 1.50 bits per heavy atom. The van der Waals surface area contributed by atoms with Crippen LogP contribution in [-0.4, -0.2) is 68.6 Å². The molecule has 112 valence electrons. The number of aliphatic imine (C=N–C) groups is 1. The molecule has 0 unspecified atom stereocenters. The van der Waals surface area contributed by atoms with Gasteiger partial charge in [-0.15, -0.1) is 0 Å². The fourth-order valence-corrected chi connectivity index (χ4v) is 1.26. The van der Waals surface area contributed by atoms with Gasteiger partial charge in [0.15, 0.2) is 11.5 Å². The normalized spacial score (nSPS) is 16.1. The molecule has 1 heterocycles. The molecule has 10 heteroatoms. The standard InChI is InChI=1S/C10H16N4O6/c1-20-10-13-8(11)6(9(19)14-10)12-2-4(16)7(18)5(17)3-15/h2,4-5,7,15-18H,3H2,1H3,(H3,11,13,14,19)/t4-,5-,7+/m1/s1. The van der Waals surface area contributed by atoms with Gasteiger partial charge < -0.3 is 30.9 Å². The van der Waals surface area contributed by atoms with Crippen LogP contribution in [0, 0.1) is 0 Å². The molecular weight excluding hydrogens is 272 g/mol. The first-order chi connectivity index (χ1) is 9.40. The highest BCUT2D eigenvalue weighted by Crippen LogP contribution is 2.15. The van der Waals surface area contributed by atoms with Crippen LogP contribution in [0.4, 0.5) is 11.5 Å². The minimum absolute atomic E-state index is 0.0947. The Hall–Kier alpha value is -2.01. The first-order valence-electron chi connectivity index (χ1n) is 5.53. The summed E-state index contributed by atoms with van der Waals surface area (Å²) in [6, 6.07) is -0.0947. The molecular formula is C10H16N4O6. The molecule has 1 aromatic rings. The molecule has 0 radical (unpaired) electrons. The average molecular weight is 288 g/mol. The third-order valence-corrected chi connectivity index (χ3v) is 2.38. The van der Waals surface area contributed by atoms with Crippen molar-refractivity contribution < 1.29 is 25.2 Å². The van der Waals surface area contributed by atoms with Gasteiger partial charge in [-0.05, 0) is 0 Å². The van der Waals surface area contributed by atoms with Gasteiger partial charge in [0.2, 0.25) is 0 Å². The SMILES string of the molecule is COc1nc(N)c(N=C[C@@H](O)[C@H](O)[C@H](O)CO)c(=O)[nH]1.